The van der Waals surface area contributed by atoms with E-state index in [1.54, 1.807) is 24.3 Å². The molecule has 1 aromatic carbocycles. The van der Waals surface area contributed by atoms with Gasteiger partial charge >= 0.3 is 0 Å². The summed E-state index contributed by atoms with van der Waals surface area (Å²) < 4.78 is 0. The normalized spacial score (nSPS) is 15.0. The fourth-order valence-corrected chi connectivity index (χ4v) is 2.68. The zero-order valence-electron chi connectivity index (χ0n) is 13.0. The van der Waals surface area contributed by atoms with Gasteiger partial charge in [-0.3, -0.25) is 14.5 Å². The number of hydrogen-bond acceptors (Lipinski definition) is 3. The third-order valence-electron chi connectivity index (χ3n) is 3.94. The van der Waals surface area contributed by atoms with Gasteiger partial charge in [0.25, 0.3) is 11.8 Å². The molecule has 0 atom stereocenters. The molecule has 0 fully saturated rings. The molecule has 1 aliphatic heterocycles. The molecular formula is C18H23NO3. The average Bonchev–Trinajstić information content (AvgIpc) is 2.74. The minimum absolute atomic E-state index is 0.122. The van der Waals surface area contributed by atoms with Crippen LogP contribution in [-0.2, 0) is 9.59 Å². The van der Waals surface area contributed by atoms with Crippen LogP contribution in [0.4, 0.5) is 0 Å². The zero-order chi connectivity index (χ0) is 15.9. The van der Waals surface area contributed by atoms with Gasteiger partial charge in [-0.2, -0.15) is 0 Å². The lowest BCUT2D eigenvalue weighted by Crippen LogP contribution is -2.32. The maximum Gasteiger partial charge on any atom is 0.296 e. The molecule has 0 aromatic heterocycles. The van der Waals surface area contributed by atoms with Crippen molar-refractivity contribution in [3.8, 4) is 0 Å². The standard InChI is InChI=1S/C18H23NO3/c1-2-3-4-5-6-10-13-19-17(21)15(16(20)18(19)22)14-11-8-7-9-12-14/h7-9,11-12,20H,2-6,10,13H2,1H3. The van der Waals surface area contributed by atoms with E-state index in [2.05, 4.69) is 6.92 Å². The summed E-state index contributed by atoms with van der Waals surface area (Å²) in [5.41, 5.74) is 0.709. The molecular weight excluding hydrogens is 278 g/mol. The van der Waals surface area contributed by atoms with Gasteiger partial charge in [-0.05, 0) is 12.0 Å². The molecule has 0 unspecified atom stereocenters. The summed E-state index contributed by atoms with van der Waals surface area (Å²) in [6.45, 7) is 2.55. The second kappa shape index (κ2) is 7.78. The summed E-state index contributed by atoms with van der Waals surface area (Å²) in [6.07, 6.45) is 6.52. The predicted octanol–water partition coefficient (Wildman–Crippen LogP) is 3.69. The first-order chi connectivity index (χ1) is 10.7. The van der Waals surface area contributed by atoms with Crippen molar-refractivity contribution in [1.29, 1.82) is 0 Å². The van der Waals surface area contributed by atoms with Gasteiger partial charge in [0.1, 0.15) is 0 Å². The topological polar surface area (TPSA) is 57.6 Å². The van der Waals surface area contributed by atoms with Crippen LogP contribution in [0, 0.1) is 0 Å². The number of rotatable bonds is 8. The summed E-state index contributed by atoms with van der Waals surface area (Å²) in [5.74, 6) is -1.39. The number of carbonyl (C=O) groups is 2. The number of hydrogen-bond donors (Lipinski definition) is 1. The molecule has 118 valence electrons. The molecule has 2 amide bonds. The lowest BCUT2D eigenvalue weighted by molar-refractivity contribution is -0.138. The van der Waals surface area contributed by atoms with E-state index in [-0.39, 0.29) is 11.5 Å². The van der Waals surface area contributed by atoms with Crippen LogP contribution < -0.4 is 0 Å². The molecule has 1 aromatic rings. The Morgan fingerprint density at radius 2 is 1.55 bits per heavy atom. The van der Waals surface area contributed by atoms with E-state index in [9.17, 15) is 14.7 Å². The molecule has 0 spiro atoms. The van der Waals surface area contributed by atoms with Gasteiger partial charge in [0.05, 0.1) is 5.57 Å². The third-order valence-corrected chi connectivity index (χ3v) is 3.94. The second-order valence-corrected chi connectivity index (χ2v) is 5.62. The number of unbranched alkanes of at least 4 members (excludes halogenated alkanes) is 5. The molecule has 2 rings (SSSR count). The number of aliphatic hydroxyl groups excluding tert-OH is 1. The highest BCUT2D eigenvalue weighted by atomic mass is 16.3. The number of nitrogens with zero attached hydrogens (tertiary/aromatic N) is 1. The smallest absolute Gasteiger partial charge is 0.296 e. The van der Waals surface area contributed by atoms with Gasteiger partial charge in [0.15, 0.2) is 5.76 Å². The molecule has 1 N–H and O–H groups in total. The number of aliphatic hydroxyl groups is 1. The number of benzene rings is 1. The van der Waals surface area contributed by atoms with Crippen molar-refractivity contribution in [2.75, 3.05) is 6.54 Å². The van der Waals surface area contributed by atoms with Crippen LogP contribution in [-0.4, -0.2) is 28.4 Å². The van der Waals surface area contributed by atoms with Gasteiger partial charge in [0.2, 0.25) is 0 Å². The SMILES string of the molecule is CCCCCCCCN1C(=O)C(O)=C(c2ccccc2)C1=O. The van der Waals surface area contributed by atoms with E-state index < -0.39 is 11.7 Å². The summed E-state index contributed by atoms with van der Waals surface area (Å²) in [5, 5.41) is 9.99. The largest absolute Gasteiger partial charge is 0.502 e. The molecule has 0 radical (unpaired) electrons. The summed E-state index contributed by atoms with van der Waals surface area (Å²) in [4.78, 5) is 25.6. The first-order valence-electron chi connectivity index (χ1n) is 8.01. The van der Waals surface area contributed by atoms with Crippen LogP contribution in [0.15, 0.2) is 36.1 Å². The first-order valence-corrected chi connectivity index (χ1v) is 8.01. The van der Waals surface area contributed by atoms with Gasteiger partial charge in [-0.15, -0.1) is 0 Å². The van der Waals surface area contributed by atoms with Gasteiger partial charge in [0, 0.05) is 6.54 Å². The van der Waals surface area contributed by atoms with Crippen LogP contribution in [0.5, 0.6) is 0 Å². The van der Waals surface area contributed by atoms with E-state index in [1.165, 1.54) is 19.3 Å². The van der Waals surface area contributed by atoms with E-state index in [1.807, 2.05) is 6.07 Å². The number of imide groups is 1. The van der Waals surface area contributed by atoms with Crippen LogP contribution in [0.1, 0.15) is 51.0 Å². The van der Waals surface area contributed by atoms with Crippen LogP contribution >= 0.6 is 0 Å². The van der Waals surface area contributed by atoms with Crippen molar-refractivity contribution < 1.29 is 14.7 Å². The van der Waals surface area contributed by atoms with E-state index in [0.717, 1.165) is 24.2 Å². The summed E-state index contributed by atoms with van der Waals surface area (Å²) in [7, 11) is 0. The van der Waals surface area contributed by atoms with Crippen LogP contribution in [0.25, 0.3) is 5.57 Å². The van der Waals surface area contributed by atoms with Crippen molar-refractivity contribution in [3.05, 3.63) is 41.7 Å². The monoisotopic (exact) mass is 301 g/mol. The van der Waals surface area contributed by atoms with Gasteiger partial charge in [-0.1, -0.05) is 69.4 Å². The van der Waals surface area contributed by atoms with Crippen molar-refractivity contribution in [1.82, 2.24) is 4.90 Å². The maximum atomic E-state index is 12.4. The lowest BCUT2D eigenvalue weighted by atomic mass is 10.1. The molecule has 4 heteroatoms. The molecule has 1 heterocycles. The van der Waals surface area contributed by atoms with Crippen LogP contribution in [0.2, 0.25) is 0 Å². The Kier molecular flexibility index (Phi) is 5.75. The van der Waals surface area contributed by atoms with E-state index >= 15 is 0 Å². The van der Waals surface area contributed by atoms with E-state index in [0.29, 0.717) is 12.1 Å². The molecule has 4 nitrogen and oxygen atoms in total. The molecule has 22 heavy (non-hydrogen) atoms. The Morgan fingerprint density at radius 1 is 0.909 bits per heavy atom. The van der Waals surface area contributed by atoms with Crippen LogP contribution in [0.3, 0.4) is 0 Å². The first kappa shape index (κ1) is 16.3. The molecule has 0 saturated heterocycles. The number of amides is 2. The third kappa shape index (κ3) is 3.56. The van der Waals surface area contributed by atoms with Crippen molar-refractivity contribution in [2.24, 2.45) is 0 Å². The summed E-state index contributed by atoms with van der Waals surface area (Å²) >= 11 is 0. The summed E-state index contributed by atoms with van der Waals surface area (Å²) in [6, 6.07) is 8.85. The van der Waals surface area contributed by atoms with Crippen molar-refractivity contribution in [2.45, 2.75) is 45.4 Å². The Bertz CT molecular complexity index is 563. The quantitative estimate of drug-likeness (QED) is 0.588. The fourth-order valence-electron chi connectivity index (χ4n) is 2.68. The van der Waals surface area contributed by atoms with Crippen molar-refractivity contribution in [3.63, 3.8) is 0 Å². The van der Waals surface area contributed by atoms with E-state index in [4.69, 9.17) is 0 Å². The Hall–Kier alpha value is -2.10. The Labute approximate surface area is 131 Å². The highest BCUT2D eigenvalue weighted by molar-refractivity contribution is 6.34. The second-order valence-electron chi connectivity index (χ2n) is 5.62. The molecule has 0 aliphatic carbocycles. The molecule has 0 saturated carbocycles. The Morgan fingerprint density at radius 3 is 2.23 bits per heavy atom. The fraction of sp³-hybridized carbons (Fsp3) is 0.444. The van der Waals surface area contributed by atoms with Gasteiger partial charge in [-0.25, -0.2) is 0 Å². The lowest BCUT2D eigenvalue weighted by Gasteiger charge is -2.14. The zero-order valence-corrected chi connectivity index (χ0v) is 13.0. The predicted molar refractivity (Wildman–Crippen MR) is 86.1 cm³/mol. The Balaban J connectivity index is 1.94. The number of carbonyl (C=O) groups excluding carboxylic acids is 2. The minimum atomic E-state index is -0.572. The maximum absolute atomic E-state index is 12.4. The molecule has 1 aliphatic rings. The average molecular weight is 301 g/mol. The highest BCUT2D eigenvalue weighted by Gasteiger charge is 2.38. The minimum Gasteiger partial charge on any atom is -0.502 e. The van der Waals surface area contributed by atoms with Crippen molar-refractivity contribution >= 4 is 17.4 Å². The van der Waals surface area contributed by atoms with Gasteiger partial charge < -0.3 is 5.11 Å². The highest BCUT2D eigenvalue weighted by Crippen LogP contribution is 2.28. The molecule has 0 bridgehead atoms.